The van der Waals surface area contributed by atoms with Crippen molar-refractivity contribution in [1.82, 2.24) is 9.29 Å². The van der Waals surface area contributed by atoms with E-state index in [4.69, 9.17) is 10.5 Å². The van der Waals surface area contributed by atoms with E-state index in [1.807, 2.05) is 19.1 Å². The molecule has 3 aromatic rings. The van der Waals surface area contributed by atoms with Crippen molar-refractivity contribution in [2.75, 3.05) is 18.8 Å². The van der Waals surface area contributed by atoms with E-state index < -0.39 is 22.2 Å². The summed E-state index contributed by atoms with van der Waals surface area (Å²) in [6, 6.07) is 17.0. The van der Waals surface area contributed by atoms with Gasteiger partial charge in [-0.15, -0.1) is 12.6 Å². The third-order valence-corrected chi connectivity index (χ3v) is 7.89. The highest BCUT2D eigenvalue weighted by Gasteiger charge is 2.40. The van der Waals surface area contributed by atoms with Gasteiger partial charge in [0.2, 0.25) is 10.0 Å². The maximum atomic E-state index is 13.0. The number of thiol groups is 1. The van der Waals surface area contributed by atoms with Crippen LogP contribution in [0.25, 0.3) is 11.1 Å². The minimum Gasteiger partial charge on any atom is -0.486 e. The fourth-order valence-corrected chi connectivity index (χ4v) is 5.61. The minimum absolute atomic E-state index is 0.0137. The van der Waals surface area contributed by atoms with Crippen LogP contribution >= 0.6 is 12.6 Å². The average Bonchev–Trinajstić information content (AvgIpc) is 3.20. The number of pyridine rings is 1. The Bertz CT molecular complexity index is 1420. The zero-order valence-electron chi connectivity index (χ0n) is 18.6. The van der Waals surface area contributed by atoms with Crippen LogP contribution < -0.4 is 10.5 Å². The third-order valence-electron chi connectivity index (χ3n) is 5.72. The molecule has 4 rings (SSSR count). The van der Waals surface area contributed by atoms with Crippen LogP contribution in [0.3, 0.4) is 0 Å². The van der Waals surface area contributed by atoms with Crippen molar-refractivity contribution in [3.8, 4) is 29.0 Å². The van der Waals surface area contributed by atoms with Gasteiger partial charge in [-0.1, -0.05) is 29.8 Å². The molecule has 1 fully saturated rings. The Labute approximate surface area is 208 Å². The number of ether oxygens (including phenoxy) is 1. The molecule has 35 heavy (non-hydrogen) atoms. The van der Waals surface area contributed by atoms with Gasteiger partial charge in [-0.25, -0.2) is 13.4 Å². The number of β-amino-alcohol motifs (C(OH)–C–C–N with tert-alkyl or cyclic N) is 1. The Morgan fingerprint density at radius 2 is 1.71 bits per heavy atom. The van der Waals surface area contributed by atoms with Crippen molar-refractivity contribution in [3.63, 3.8) is 0 Å². The molecule has 9 nitrogen and oxygen atoms in total. The summed E-state index contributed by atoms with van der Waals surface area (Å²) in [5.41, 5.74) is 7.83. The highest BCUT2D eigenvalue weighted by Crippen LogP contribution is 2.34. The zero-order valence-corrected chi connectivity index (χ0v) is 20.3. The van der Waals surface area contributed by atoms with Crippen molar-refractivity contribution in [2.45, 2.75) is 29.1 Å². The smallest absolute Gasteiger partial charge is 0.243 e. The number of anilines is 1. The molecule has 178 valence electrons. The highest BCUT2D eigenvalue weighted by atomic mass is 32.2. The minimum atomic E-state index is -3.77. The van der Waals surface area contributed by atoms with Crippen molar-refractivity contribution in [3.05, 3.63) is 65.2 Å². The topological polar surface area (TPSA) is 153 Å². The van der Waals surface area contributed by atoms with Crippen LogP contribution in [0.1, 0.15) is 16.7 Å². The van der Waals surface area contributed by atoms with Crippen LogP contribution in [-0.4, -0.2) is 48.1 Å². The fourth-order valence-electron chi connectivity index (χ4n) is 3.87. The Kier molecular flexibility index (Phi) is 6.70. The molecule has 2 atom stereocenters. The first kappa shape index (κ1) is 24.5. The maximum absolute atomic E-state index is 13.0. The molecule has 0 amide bonds. The van der Waals surface area contributed by atoms with Gasteiger partial charge in [0.05, 0.1) is 17.0 Å². The summed E-state index contributed by atoms with van der Waals surface area (Å²) in [4.78, 5) is 4.09. The van der Waals surface area contributed by atoms with Crippen molar-refractivity contribution in [2.24, 2.45) is 0 Å². The molecule has 0 spiro atoms. The van der Waals surface area contributed by atoms with Gasteiger partial charge in [0, 0.05) is 12.1 Å². The predicted octanol–water partition coefficient (Wildman–Crippen LogP) is 2.48. The van der Waals surface area contributed by atoms with Gasteiger partial charge >= 0.3 is 0 Å². The van der Waals surface area contributed by atoms with E-state index >= 15 is 0 Å². The number of nitrogens with zero attached hydrogens (tertiary/aromatic N) is 4. The zero-order chi connectivity index (χ0) is 25.3. The van der Waals surface area contributed by atoms with E-state index in [0.29, 0.717) is 16.9 Å². The van der Waals surface area contributed by atoms with Crippen LogP contribution in [0.4, 0.5) is 5.82 Å². The molecular weight excluding hydrogens is 486 g/mol. The van der Waals surface area contributed by atoms with E-state index in [-0.39, 0.29) is 40.0 Å². The summed E-state index contributed by atoms with van der Waals surface area (Å²) in [5.74, 6) is 0.355. The van der Waals surface area contributed by atoms with Crippen LogP contribution in [0, 0.1) is 29.6 Å². The standard InChI is InChI=1S/C24H21N5O4S2/c1-14-2-8-17(9-3-14)35(31,32)29-12-20(30)21(13-29)33-16-6-4-15(5-7-16)22-18(10-25)23(27)28-24(34)19(22)11-26/h2-9,20-21,30H,12-13H2,1H3,(H3,27,28,34). The number of rotatable bonds is 5. The van der Waals surface area contributed by atoms with E-state index in [2.05, 4.69) is 17.6 Å². The van der Waals surface area contributed by atoms with E-state index in [1.165, 1.54) is 16.4 Å². The van der Waals surface area contributed by atoms with E-state index in [1.54, 1.807) is 36.4 Å². The molecule has 0 aliphatic carbocycles. The van der Waals surface area contributed by atoms with Crippen LogP contribution in [0.5, 0.6) is 5.75 Å². The summed E-state index contributed by atoms with van der Waals surface area (Å²) >= 11 is 4.19. The number of aryl methyl sites for hydroxylation is 1. The fraction of sp³-hybridized carbons (Fsp3) is 0.208. The van der Waals surface area contributed by atoms with Gasteiger partial charge in [-0.3, -0.25) is 0 Å². The first-order valence-electron chi connectivity index (χ1n) is 10.5. The van der Waals surface area contributed by atoms with E-state index in [9.17, 15) is 24.0 Å². The Balaban J connectivity index is 1.55. The lowest BCUT2D eigenvalue weighted by atomic mass is 9.97. The highest BCUT2D eigenvalue weighted by molar-refractivity contribution is 7.89. The second-order valence-electron chi connectivity index (χ2n) is 8.05. The molecule has 1 aliphatic rings. The first-order valence-corrected chi connectivity index (χ1v) is 12.4. The van der Waals surface area contributed by atoms with Crippen LogP contribution in [-0.2, 0) is 10.0 Å². The summed E-state index contributed by atoms with van der Waals surface area (Å²) in [5, 5.41) is 29.6. The first-order chi connectivity index (χ1) is 16.6. The molecule has 0 radical (unpaired) electrons. The van der Waals surface area contributed by atoms with E-state index in [0.717, 1.165) is 5.56 Å². The summed E-state index contributed by atoms with van der Waals surface area (Å²) in [6.45, 7) is 1.77. The number of nitrogen functional groups attached to an aromatic ring is 1. The third kappa shape index (κ3) is 4.67. The molecule has 3 N–H and O–H groups in total. The largest absolute Gasteiger partial charge is 0.486 e. The maximum Gasteiger partial charge on any atom is 0.243 e. The average molecular weight is 508 g/mol. The normalized spacial score (nSPS) is 18.1. The molecule has 0 bridgehead atoms. The summed E-state index contributed by atoms with van der Waals surface area (Å²) < 4.78 is 33.0. The molecule has 2 heterocycles. The Morgan fingerprint density at radius 3 is 2.31 bits per heavy atom. The van der Waals surface area contributed by atoms with Crippen molar-refractivity contribution in [1.29, 1.82) is 10.5 Å². The van der Waals surface area contributed by atoms with Gasteiger partial charge in [0.15, 0.2) is 0 Å². The van der Waals surface area contributed by atoms with Crippen LogP contribution in [0.2, 0.25) is 0 Å². The molecule has 2 unspecified atom stereocenters. The Hall–Kier alpha value is -3.61. The molecule has 11 heteroatoms. The molecule has 1 aromatic heterocycles. The van der Waals surface area contributed by atoms with Crippen LogP contribution in [0.15, 0.2) is 58.5 Å². The number of benzene rings is 2. The summed E-state index contributed by atoms with van der Waals surface area (Å²) in [7, 11) is -3.77. The number of sulfonamides is 1. The van der Waals surface area contributed by atoms with Gasteiger partial charge in [0.25, 0.3) is 0 Å². The van der Waals surface area contributed by atoms with Crippen molar-refractivity contribution >= 4 is 28.5 Å². The second kappa shape index (κ2) is 9.56. The number of nitrogens with two attached hydrogens (primary N) is 1. The van der Waals surface area contributed by atoms with Gasteiger partial charge < -0.3 is 15.6 Å². The lowest BCUT2D eigenvalue weighted by Crippen LogP contribution is -2.31. The van der Waals surface area contributed by atoms with Gasteiger partial charge in [-0.2, -0.15) is 14.8 Å². The lowest BCUT2D eigenvalue weighted by molar-refractivity contribution is 0.0737. The Morgan fingerprint density at radius 1 is 1.09 bits per heavy atom. The monoisotopic (exact) mass is 507 g/mol. The number of aliphatic hydroxyl groups is 1. The van der Waals surface area contributed by atoms with Gasteiger partial charge in [0.1, 0.15) is 46.5 Å². The predicted molar refractivity (Wildman–Crippen MR) is 131 cm³/mol. The number of hydrogen-bond acceptors (Lipinski definition) is 9. The number of nitriles is 2. The molecular formula is C24H21N5O4S2. The molecule has 0 saturated carbocycles. The number of aliphatic hydroxyl groups excluding tert-OH is 1. The quantitative estimate of drug-likeness (QED) is 0.445. The second-order valence-corrected chi connectivity index (χ2v) is 10.4. The van der Waals surface area contributed by atoms with Gasteiger partial charge in [-0.05, 0) is 36.8 Å². The number of hydrogen-bond donors (Lipinski definition) is 3. The van der Waals surface area contributed by atoms with Crippen molar-refractivity contribution < 1.29 is 18.3 Å². The number of aromatic nitrogens is 1. The SMILES string of the molecule is Cc1ccc(S(=O)(=O)N2CC(O)C(Oc3ccc(-c4c(C#N)c(N)nc(S)c4C#N)cc3)C2)cc1. The summed E-state index contributed by atoms with van der Waals surface area (Å²) in [6.07, 6.45) is -1.79. The lowest BCUT2D eigenvalue weighted by Gasteiger charge is -2.18. The molecule has 1 saturated heterocycles. The molecule has 1 aliphatic heterocycles. The molecule has 2 aromatic carbocycles.